The third kappa shape index (κ3) is 4.24. The first kappa shape index (κ1) is 22.3. The Morgan fingerprint density at radius 1 is 1.23 bits per heavy atom. The number of carbonyl (C=O) groups excluding carboxylic acids is 2. The van der Waals surface area contributed by atoms with Gasteiger partial charge in [-0.1, -0.05) is 37.3 Å². The summed E-state index contributed by atoms with van der Waals surface area (Å²) in [5.74, 6) is -0.276. The predicted octanol–water partition coefficient (Wildman–Crippen LogP) is 4.19. The number of alkyl halides is 3. The van der Waals surface area contributed by atoms with Crippen LogP contribution in [0.3, 0.4) is 0 Å². The summed E-state index contributed by atoms with van der Waals surface area (Å²) in [6, 6.07) is 5.24. The molecule has 0 unspecified atom stereocenters. The number of amides is 3. The van der Waals surface area contributed by atoms with Gasteiger partial charge in [0.05, 0.1) is 12.1 Å². The summed E-state index contributed by atoms with van der Waals surface area (Å²) < 4.78 is 39.8. The number of halogens is 3. The fourth-order valence-electron chi connectivity index (χ4n) is 4.62. The van der Waals surface area contributed by atoms with Gasteiger partial charge in [-0.25, -0.2) is 4.79 Å². The summed E-state index contributed by atoms with van der Waals surface area (Å²) in [7, 11) is 0. The smallest absolute Gasteiger partial charge is 0.323 e. The van der Waals surface area contributed by atoms with Crippen molar-refractivity contribution in [2.24, 2.45) is 5.92 Å². The van der Waals surface area contributed by atoms with E-state index in [1.165, 1.54) is 17.0 Å². The van der Waals surface area contributed by atoms with Crippen molar-refractivity contribution in [3.8, 4) is 0 Å². The fraction of sp³-hybridized carbons (Fsp3) is 0.545. The van der Waals surface area contributed by atoms with E-state index in [-0.39, 0.29) is 30.5 Å². The van der Waals surface area contributed by atoms with Gasteiger partial charge in [-0.05, 0) is 56.8 Å². The lowest BCUT2D eigenvalue weighted by Gasteiger charge is -2.40. The lowest BCUT2D eigenvalue weighted by atomic mass is 9.75. The second-order valence-electron chi connectivity index (χ2n) is 8.31. The molecule has 0 spiro atoms. The van der Waals surface area contributed by atoms with Crippen molar-refractivity contribution in [3.63, 3.8) is 0 Å². The maximum atomic E-state index is 13.3. The maximum absolute atomic E-state index is 13.3. The van der Waals surface area contributed by atoms with Crippen LogP contribution in [0, 0.1) is 5.92 Å². The van der Waals surface area contributed by atoms with E-state index >= 15 is 0 Å². The number of likely N-dealkylation sites (tertiary alicyclic amines) is 1. The van der Waals surface area contributed by atoms with E-state index in [2.05, 4.69) is 11.9 Å². The van der Waals surface area contributed by atoms with Crippen LogP contribution in [0.4, 0.5) is 18.0 Å². The van der Waals surface area contributed by atoms with E-state index in [1.54, 1.807) is 13.0 Å². The molecular formula is C22H28F3N3O2. The van der Waals surface area contributed by atoms with Crippen LogP contribution in [0.15, 0.2) is 36.4 Å². The molecule has 2 aliphatic heterocycles. The predicted molar refractivity (Wildman–Crippen MR) is 108 cm³/mol. The van der Waals surface area contributed by atoms with Gasteiger partial charge in [0, 0.05) is 6.54 Å². The quantitative estimate of drug-likeness (QED) is 0.551. The molecule has 0 radical (unpaired) electrons. The molecule has 2 fully saturated rings. The molecule has 0 saturated carbocycles. The van der Waals surface area contributed by atoms with Crippen molar-refractivity contribution in [3.05, 3.63) is 47.5 Å². The molecule has 1 aromatic carbocycles. The minimum Gasteiger partial charge on any atom is -0.323 e. The van der Waals surface area contributed by atoms with Crippen LogP contribution in [0.5, 0.6) is 0 Å². The van der Waals surface area contributed by atoms with Gasteiger partial charge < -0.3 is 5.32 Å². The molecule has 0 aromatic heterocycles. The van der Waals surface area contributed by atoms with Gasteiger partial charge in [-0.15, -0.1) is 0 Å². The van der Waals surface area contributed by atoms with Crippen molar-refractivity contribution >= 4 is 11.9 Å². The molecule has 0 aliphatic carbocycles. The summed E-state index contributed by atoms with van der Waals surface area (Å²) in [6.45, 7) is 8.99. The molecule has 2 aliphatic rings. The highest BCUT2D eigenvalue weighted by Gasteiger charge is 2.54. The van der Waals surface area contributed by atoms with Gasteiger partial charge in [0.2, 0.25) is 0 Å². The van der Waals surface area contributed by atoms with Gasteiger partial charge >= 0.3 is 12.2 Å². The molecule has 1 atom stereocenters. The zero-order valence-electron chi connectivity index (χ0n) is 17.4. The van der Waals surface area contributed by atoms with Crippen LogP contribution in [0.25, 0.3) is 0 Å². The lowest BCUT2D eigenvalue weighted by Crippen LogP contribution is -2.55. The molecule has 2 saturated heterocycles. The average Bonchev–Trinajstić information content (AvgIpc) is 2.93. The van der Waals surface area contributed by atoms with Crippen molar-refractivity contribution in [2.45, 2.75) is 51.4 Å². The van der Waals surface area contributed by atoms with Gasteiger partial charge in [0.1, 0.15) is 5.54 Å². The van der Waals surface area contributed by atoms with Crippen LogP contribution in [0.1, 0.15) is 44.2 Å². The zero-order chi connectivity index (χ0) is 22.1. The Morgan fingerprint density at radius 2 is 1.87 bits per heavy atom. The standard InChI is InChI=1S/C22H28F3N3O2/c1-4-21(19(29)28(13-15(2)3)20(30)26-21)17-9-11-27(12-10-17)14-16-7-5-6-8-18(16)22(23,24)25/h5-8,17H,2,4,9-14H2,1,3H3,(H,26,30)/t21-/m0/s1. The minimum atomic E-state index is -4.38. The third-order valence-corrected chi connectivity index (χ3v) is 6.19. The zero-order valence-corrected chi connectivity index (χ0v) is 17.4. The summed E-state index contributed by atoms with van der Waals surface area (Å²) >= 11 is 0. The molecule has 3 amide bonds. The highest BCUT2D eigenvalue weighted by Crippen LogP contribution is 2.37. The number of nitrogens with one attached hydrogen (secondary N) is 1. The Hall–Kier alpha value is -2.35. The summed E-state index contributed by atoms with van der Waals surface area (Å²) in [5, 5.41) is 2.91. The van der Waals surface area contributed by atoms with E-state index in [4.69, 9.17) is 0 Å². The first-order chi connectivity index (χ1) is 14.1. The van der Waals surface area contributed by atoms with E-state index in [0.29, 0.717) is 32.4 Å². The highest BCUT2D eigenvalue weighted by atomic mass is 19.4. The number of imide groups is 1. The van der Waals surface area contributed by atoms with E-state index in [1.807, 2.05) is 11.8 Å². The number of nitrogens with zero attached hydrogens (tertiary/aromatic N) is 2. The van der Waals surface area contributed by atoms with Gasteiger partial charge in [0.25, 0.3) is 5.91 Å². The second-order valence-corrected chi connectivity index (χ2v) is 8.31. The molecule has 1 N–H and O–H groups in total. The molecule has 164 valence electrons. The summed E-state index contributed by atoms with van der Waals surface area (Å²) in [5.41, 5.74) is -0.566. The van der Waals surface area contributed by atoms with Crippen LogP contribution in [-0.2, 0) is 17.5 Å². The number of carbonyl (C=O) groups is 2. The van der Waals surface area contributed by atoms with E-state index in [9.17, 15) is 22.8 Å². The minimum absolute atomic E-state index is 0.0526. The normalized spacial score (nSPS) is 23.7. The first-order valence-corrected chi connectivity index (χ1v) is 10.2. The number of hydrogen-bond donors (Lipinski definition) is 1. The monoisotopic (exact) mass is 423 g/mol. The molecule has 0 bridgehead atoms. The topological polar surface area (TPSA) is 52.7 Å². The fourth-order valence-corrected chi connectivity index (χ4v) is 4.62. The number of hydrogen-bond acceptors (Lipinski definition) is 3. The largest absolute Gasteiger partial charge is 0.416 e. The van der Waals surface area contributed by atoms with Crippen LogP contribution in [-0.4, -0.2) is 46.9 Å². The second kappa shape index (κ2) is 8.41. The molecule has 8 heteroatoms. The summed E-state index contributed by atoms with van der Waals surface area (Å²) in [6.07, 6.45) is -2.63. The van der Waals surface area contributed by atoms with Crippen LogP contribution in [0.2, 0.25) is 0 Å². The molecule has 2 heterocycles. The van der Waals surface area contributed by atoms with Crippen molar-refractivity contribution < 1.29 is 22.8 Å². The SMILES string of the molecule is C=C(C)CN1C(=O)N[C@@](CC)(C2CCN(Cc3ccccc3C(F)(F)F)CC2)C1=O. The van der Waals surface area contributed by atoms with Crippen molar-refractivity contribution in [1.82, 2.24) is 15.1 Å². The summed E-state index contributed by atoms with van der Waals surface area (Å²) in [4.78, 5) is 28.7. The van der Waals surface area contributed by atoms with Gasteiger partial charge in [0.15, 0.2) is 0 Å². The molecular weight excluding hydrogens is 395 g/mol. The van der Waals surface area contributed by atoms with Gasteiger partial charge in [-0.2, -0.15) is 13.2 Å². The Kier molecular flexibility index (Phi) is 6.26. The van der Waals surface area contributed by atoms with E-state index in [0.717, 1.165) is 11.6 Å². The third-order valence-electron chi connectivity index (χ3n) is 6.19. The number of benzene rings is 1. The average molecular weight is 423 g/mol. The number of piperidine rings is 1. The molecule has 3 rings (SSSR count). The molecule has 1 aromatic rings. The Morgan fingerprint density at radius 3 is 2.43 bits per heavy atom. The maximum Gasteiger partial charge on any atom is 0.416 e. The lowest BCUT2D eigenvalue weighted by molar-refractivity contribution is -0.138. The number of rotatable bonds is 6. The Balaban J connectivity index is 1.69. The van der Waals surface area contributed by atoms with Crippen LogP contribution < -0.4 is 5.32 Å². The molecule has 30 heavy (non-hydrogen) atoms. The Bertz CT molecular complexity index is 831. The molecule has 5 nitrogen and oxygen atoms in total. The van der Waals surface area contributed by atoms with Gasteiger partial charge in [-0.3, -0.25) is 14.6 Å². The van der Waals surface area contributed by atoms with Crippen molar-refractivity contribution in [1.29, 1.82) is 0 Å². The first-order valence-electron chi connectivity index (χ1n) is 10.2. The number of urea groups is 1. The van der Waals surface area contributed by atoms with Crippen molar-refractivity contribution in [2.75, 3.05) is 19.6 Å². The highest BCUT2D eigenvalue weighted by molar-refractivity contribution is 6.07. The van der Waals surface area contributed by atoms with E-state index < -0.39 is 23.3 Å². The Labute approximate surface area is 174 Å². The van der Waals surface area contributed by atoms with Crippen LogP contribution >= 0.6 is 0 Å².